The zero-order valence-electron chi connectivity index (χ0n) is 17.6. The van der Waals surface area contributed by atoms with Crippen molar-refractivity contribution in [1.82, 2.24) is 15.6 Å². The Morgan fingerprint density at radius 2 is 1.97 bits per heavy atom. The molecule has 1 aromatic carbocycles. The van der Waals surface area contributed by atoms with Crippen LogP contribution in [0.25, 0.3) is 0 Å². The summed E-state index contributed by atoms with van der Waals surface area (Å²) in [5, 5.41) is 6.82. The summed E-state index contributed by atoms with van der Waals surface area (Å²) in [6, 6.07) is 12.4. The molecule has 5 heteroatoms. The van der Waals surface area contributed by atoms with Crippen molar-refractivity contribution < 1.29 is 9.53 Å². The highest BCUT2D eigenvalue weighted by molar-refractivity contribution is 5.82. The highest BCUT2D eigenvalue weighted by atomic mass is 16.5. The summed E-state index contributed by atoms with van der Waals surface area (Å²) in [7, 11) is 0. The van der Waals surface area contributed by atoms with Crippen LogP contribution in [0.5, 0.6) is 0 Å². The predicted molar refractivity (Wildman–Crippen MR) is 113 cm³/mol. The largest absolute Gasteiger partial charge is 0.370 e. The van der Waals surface area contributed by atoms with Crippen molar-refractivity contribution in [1.29, 1.82) is 0 Å². The summed E-state index contributed by atoms with van der Waals surface area (Å²) < 4.78 is 6.61. The molecule has 2 aliphatic rings. The summed E-state index contributed by atoms with van der Waals surface area (Å²) in [5.74, 6) is 0.0539. The molecular formula is C24H31N3O2. The molecule has 1 aromatic heterocycles. The molecule has 2 N–H and O–H groups in total. The van der Waals surface area contributed by atoms with Gasteiger partial charge in [0.2, 0.25) is 5.91 Å². The average molecular weight is 394 g/mol. The van der Waals surface area contributed by atoms with Gasteiger partial charge in [0, 0.05) is 23.2 Å². The Labute approximate surface area is 173 Å². The van der Waals surface area contributed by atoms with Crippen molar-refractivity contribution in [3.63, 3.8) is 0 Å². The van der Waals surface area contributed by atoms with E-state index in [2.05, 4.69) is 39.9 Å². The van der Waals surface area contributed by atoms with Crippen LogP contribution in [0.3, 0.4) is 0 Å². The predicted octanol–water partition coefficient (Wildman–Crippen LogP) is 3.51. The van der Waals surface area contributed by atoms with Gasteiger partial charge < -0.3 is 15.4 Å². The molecule has 1 aliphatic heterocycles. The highest BCUT2D eigenvalue weighted by Crippen LogP contribution is 2.51. The number of aromatic nitrogens is 1. The van der Waals surface area contributed by atoms with Gasteiger partial charge in [-0.15, -0.1) is 0 Å². The van der Waals surface area contributed by atoms with Crippen LogP contribution >= 0.6 is 0 Å². The van der Waals surface area contributed by atoms with Crippen molar-refractivity contribution in [3.8, 4) is 0 Å². The van der Waals surface area contributed by atoms with Crippen molar-refractivity contribution in [2.24, 2.45) is 5.41 Å². The van der Waals surface area contributed by atoms with Crippen LogP contribution in [0.4, 0.5) is 0 Å². The van der Waals surface area contributed by atoms with Gasteiger partial charge in [-0.2, -0.15) is 0 Å². The molecule has 2 aromatic rings. The third kappa shape index (κ3) is 3.81. The maximum absolute atomic E-state index is 12.9. The van der Waals surface area contributed by atoms with Crippen molar-refractivity contribution >= 4 is 5.91 Å². The third-order valence-corrected chi connectivity index (χ3v) is 6.30. The molecule has 2 atom stereocenters. The Morgan fingerprint density at radius 1 is 1.21 bits per heavy atom. The summed E-state index contributed by atoms with van der Waals surface area (Å²) in [6.45, 7) is 8.27. The monoisotopic (exact) mass is 393 g/mol. The first kappa shape index (κ1) is 20.0. The fourth-order valence-electron chi connectivity index (χ4n) is 4.72. The van der Waals surface area contributed by atoms with Gasteiger partial charge in [-0.25, -0.2) is 0 Å². The van der Waals surface area contributed by atoms with Crippen molar-refractivity contribution in [3.05, 3.63) is 65.5 Å². The standard InChI is InChI=1S/C24H31N3O2/c1-23(2,3)22(28)27-20-18-8-4-5-9-19(18)24(10-13-25-14-11-24)21(20)29-16-17-7-6-12-26-15-17/h4-9,12,15,20-21,25H,10-11,13-14,16H2,1-3H3,(H,27,28)/t20-,21+/m1/s1. The quantitative estimate of drug-likeness (QED) is 0.834. The number of ether oxygens (including phenoxy) is 1. The zero-order valence-corrected chi connectivity index (χ0v) is 17.6. The van der Waals surface area contributed by atoms with E-state index in [1.807, 2.05) is 39.1 Å². The molecule has 0 radical (unpaired) electrons. The van der Waals surface area contributed by atoms with Crippen LogP contribution in [0.2, 0.25) is 0 Å². The van der Waals surface area contributed by atoms with Gasteiger partial charge in [-0.05, 0) is 48.7 Å². The number of fused-ring (bicyclic) bond motifs is 2. The van der Waals surface area contributed by atoms with Crippen molar-refractivity contribution in [2.75, 3.05) is 13.1 Å². The van der Waals surface area contributed by atoms with Crippen LogP contribution in [-0.4, -0.2) is 30.1 Å². The average Bonchev–Trinajstić information content (AvgIpc) is 2.96. The van der Waals surface area contributed by atoms with E-state index in [0.29, 0.717) is 6.61 Å². The van der Waals surface area contributed by atoms with Gasteiger partial charge >= 0.3 is 0 Å². The Kier molecular flexibility index (Phi) is 5.45. The van der Waals surface area contributed by atoms with E-state index in [-0.39, 0.29) is 23.5 Å². The van der Waals surface area contributed by atoms with Gasteiger partial charge in [-0.3, -0.25) is 9.78 Å². The number of pyridine rings is 1. The molecule has 1 amide bonds. The summed E-state index contributed by atoms with van der Waals surface area (Å²) >= 11 is 0. The first-order chi connectivity index (χ1) is 13.9. The molecule has 1 aliphatic carbocycles. The topological polar surface area (TPSA) is 63.2 Å². The lowest BCUT2D eigenvalue weighted by Gasteiger charge is -2.41. The number of nitrogens with one attached hydrogen (secondary N) is 2. The normalized spacial score (nSPS) is 23.0. The van der Waals surface area contributed by atoms with Gasteiger partial charge in [0.15, 0.2) is 0 Å². The van der Waals surface area contributed by atoms with Gasteiger partial charge in [0.05, 0.1) is 18.8 Å². The lowest BCUT2D eigenvalue weighted by atomic mass is 9.72. The van der Waals surface area contributed by atoms with Crippen LogP contribution < -0.4 is 10.6 Å². The van der Waals surface area contributed by atoms with Crippen LogP contribution in [0.15, 0.2) is 48.8 Å². The number of rotatable bonds is 4. The molecule has 0 bridgehead atoms. The highest BCUT2D eigenvalue weighted by Gasteiger charge is 2.53. The van der Waals surface area contributed by atoms with Crippen LogP contribution in [0, 0.1) is 5.41 Å². The minimum absolute atomic E-state index is 0.0539. The Morgan fingerprint density at radius 3 is 2.66 bits per heavy atom. The molecule has 4 rings (SSSR count). The number of piperidine rings is 1. The third-order valence-electron chi connectivity index (χ3n) is 6.30. The smallest absolute Gasteiger partial charge is 0.225 e. The molecule has 1 saturated heterocycles. The van der Waals surface area contributed by atoms with E-state index in [0.717, 1.165) is 31.5 Å². The van der Waals surface area contributed by atoms with E-state index < -0.39 is 5.41 Å². The SMILES string of the molecule is CC(C)(C)C(=O)N[C@@H]1c2ccccc2C2(CCNCC2)[C@H]1OCc1cccnc1. The number of benzene rings is 1. The molecule has 1 fully saturated rings. The molecule has 29 heavy (non-hydrogen) atoms. The lowest BCUT2D eigenvalue weighted by Crippen LogP contribution is -2.50. The zero-order chi connectivity index (χ0) is 20.5. The van der Waals surface area contributed by atoms with Crippen LogP contribution in [-0.2, 0) is 21.6 Å². The minimum Gasteiger partial charge on any atom is -0.370 e. The lowest BCUT2D eigenvalue weighted by molar-refractivity contribution is -0.131. The van der Waals surface area contributed by atoms with E-state index >= 15 is 0 Å². The van der Waals surface area contributed by atoms with Gasteiger partial charge in [-0.1, -0.05) is 51.1 Å². The number of nitrogens with zero attached hydrogens (tertiary/aromatic N) is 1. The van der Waals surface area contributed by atoms with E-state index in [1.54, 1.807) is 6.20 Å². The molecular weight excluding hydrogens is 362 g/mol. The Balaban J connectivity index is 1.70. The maximum atomic E-state index is 12.9. The summed E-state index contributed by atoms with van der Waals surface area (Å²) in [5.41, 5.74) is 3.04. The first-order valence-electron chi connectivity index (χ1n) is 10.5. The van der Waals surface area contributed by atoms with E-state index in [9.17, 15) is 4.79 Å². The maximum Gasteiger partial charge on any atom is 0.225 e. The number of hydrogen-bond donors (Lipinski definition) is 2. The second kappa shape index (κ2) is 7.88. The van der Waals surface area contributed by atoms with E-state index in [4.69, 9.17) is 4.74 Å². The second-order valence-electron chi connectivity index (χ2n) is 9.29. The summed E-state index contributed by atoms with van der Waals surface area (Å²) in [6.07, 6.45) is 5.52. The number of hydrogen-bond acceptors (Lipinski definition) is 4. The fourth-order valence-corrected chi connectivity index (χ4v) is 4.72. The number of carbonyl (C=O) groups is 1. The molecule has 2 heterocycles. The summed E-state index contributed by atoms with van der Waals surface area (Å²) in [4.78, 5) is 17.1. The number of amides is 1. The molecule has 1 spiro atoms. The fraction of sp³-hybridized carbons (Fsp3) is 0.500. The molecule has 0 unspecified atom stereocenters. The first-order valence-corrected chi connectivity index (χ1v) is 10.5. The minimum atomic E-state index is -0.452. The second-order valence-corrected chi connectivity index (χ2v) is 9.29. The number of carbonyl (C=O) groups excluding carboxylic acids is 1. The Hall–Kier alpha value is -2.24. The molecule has 5 nitrogen and oxygen atoms in total. The van der Waals surface area contributed by atoms with Gasteiger partial charge in [0.1, 0.15) is 0 Å². The molecule has 0 saturated carbocycles. The van der Waals surface area contributed by atoms with E-state index in [1.165, 1.54) is 11.1 Å². The Bertz CT molecular complexity index is 854. The molecule has 154 valence electrons. The van der Waals surface area contributed by atoms with Gasteiger partial charge in [0.25, 0.3) is 0 Å². The van der Waals surface area contributed by atoms with Crippen LogP contribution in [0.1, 0.15) is 56.3 Å². The van der Waals surface area contributed by atoms with Crippen molar-refractivity contribution in [2.45, 2.75) is 57.8 Å².